The Kier molecular flexibility index (Phi) is 5.72. The number of fused-ring (bicyclic) bond motifs is 3. The second-order valence-corrected chi connectivity index (χ2v) is 10.9. The highest BCUT2D eigenvalue weighted by atomic mass is 35.5. The second kappa shape index (κ2) is 8.55. The van der Waals surface area contributed by atoms with E-state index in [1.54, 1.807) is 18.2 Å². The Morgan fingerprint density at radius 3 is 2.58 bits per heavy atom. The third-order valence-corrected chi connectivity index (χ3v) is 8.07. The maximum Gasteiger partial charge on any atom is 0.243 e. The lowest BCUT2D eigenvalue weighted by atomic mass is 10.2. The van der Waals surface area contributed by atoms with Gasteiger partial charge in [0, 0.05) is 42.5 Å². The fourth-order valence-corrected chi connectivity index (χ4v) is 6.05. The summed E-state index contributed by atoms with van der Waals surface area (Å²) in [4.78, 5) is 7.32. The number of hydrogen-bond donors (Lipinski definition) is 0. The highest BCUT2D eigenvalue weighted by molar-refractivity contribution is 7.89. The van der Waals surface area contributed by atoms with Crippen molar-refractivity contribution in [2.45, 2.75) is 31.1 Å². The monoisotopic (exact) mass is 484 g/mol. The molecule has 2 aromatic carbocycles. The largest absolute Gasteiger partial charge is 0.340 e. The SMILES string of the molecule is CC(C)c1nnc2c3ccccc3nc(N3CCCN(S(=O)(=O)c4cccc(Cl)c4)CC3)n12. The van der Waals surface area contributed by atoms with Crippen LogP contribution < -0.4 is 4.90 Å². The van der Waals surface area contributed by atoms with Crippen LogP contribution in [0.25, 0.3) is 16.6 Å². The molecule has 0 bridgehead atoms. The number of aromatic nitrogens is 4. The number of rotatable bonds is 4. The summed E-state index contributed by atoms with van der Waals surface area (Å²) in [5.41, 5.74) is 1.61. The molecule has 0 amide bonds. The normalized spacial score (nSPS) is 16.1. The predicted octanol–water partition coefficient (Wildman–Crippen LogP) is 3.96. The third-order valence-electron chi connectivity index (χ3n) is 5.94. The van der Waals surface area contributed by atoms with Crippen molar-refractivity contribution in [3.05, 3.63) is 59.4 Å². The molecular formula is C23H25ClN6O2S. The summed E-state index contributed by atoms with van der Waals surface area (Å²) in [7, 11) is -3.63. The lowest BCUT2D eigenvalue weighted by Gasteiger charge is -2.24. The first-order chi connectivity index (χ1) is 15.9. The van der Waals surface area contributed by atoms with E-state index in [0.717, 1.165) is 28.3 Å². The van der Waals surface area contributed by atoms with Crippen molar-refractivity contribution in [1.29, 1.82) is 0 Å². The van der Waals surface area contributed by atoms with Crippen LogP contribution >= 0.6 is 11.6 Å². The standard InChI is InChI=1S/C23H25ClN6O2S/c1-16(2)21-26-27-22-19-9-3-4-10-20(19)25-23(30(21)22)28-11-6-12-29(14-13-28)33(31,32)18-8-5-7-17(24)15-18/h3-5,7-10,15-16H,6,11-14H2,1-2H3. The summed E-state index contributed by atoms with van der Waals surface area (Å²) in [5.74, 6) is 1.75. The molecule has 0 saturated carbocycles. The van der Waals surface area contributed by atoms with E-state index in [4.69, 9.17) is 16.6 Å². The summed E-state index contributed by atoms with van der Waals surface area (Å²) in [6.45, 7) is 6.13. The van der Waals surface area contributed by atoms with Crippen molar-refractivity contribution >= 4 is 44.1 Å². The van der Waals surface area contributed by atoms with Gasteiger partial charge >= 0.3 is 0 Å². The zero-order valence-corrected chi connectivity index (χ0v) is 20.1. The summed E-state index contributed by atoms with van der Waals surface area (Å²) in [6, 6.07) is 14.3. The number of benzene rings is 2. The van der Waals surface area contributed by atoms with Gasteiger partial charge in [-0.05, 0) is 36.8 Å². The molecule has 1 aliphatic rings. The molecule has 2 aromatic heterocycles. The van der Waals surface area contributed by atoms with Gasteiger partial charge in [0.15, 0.2) is 5.65 Å². The smallest absolute Gasteiger partial charge is 0.243 e. The van der Waals surface area contributed by atoms with E-state index < -0.39 is 10.0 Å². The van der Waals surface area contributed by atoms with Crippen LogP contribution in [0.15, 0.2) is 53.4 Å². The molecule has 5 rings (SSSR count). The molecule has 33 heavy (non-hydrogen) atoms. The van der Waals surface area contributed by atoms with Crippen molar-refractivity contribution in [2.75, 3.05) is 31.1 Å². The molecular weight excluding hydrogens is 460 g/mol. The van der Waals surface area contributed by atoms with Gasteiger partial charge in [-0.25, -0.2) is 17.8 Å². The summed E-state index contributed by atoms with van der Waals surface area (Å²) < 4.78 is 30.0. The van der Waals surface area contributed by atoms with Crippen molar-refractivity contribution in [3.63, 3.8) is 0 Å². The van der Waals surface area contributed by atoms with E-state index in [-0.39, 0.29) is 10.8 Å². The molecule has 0 radical (unpaired) electrons. The Hall–Kier alpha value is -2.75. The highest BCUT2D eigenvalue weighted by Crippen LogP contribution is 2.28. The van der Waals surface area contributed by atoms with Crippen LogP contribution in [-0.4, -0.2) is 58.5 Å². The lowest BCUT2D eigenvalue weighted by Crippen LogP contribution is -2.36. The van der Waals surface area contributed by atoms with Gasteiger partial charge in [0.25, 0.3) is 0 Å². The molecule has 4 aromatic rings. The Balaban J connectivity index is 1.53. The zero-order chi connectivity index (χ0) is 23.2. The van der Waals surface area contributed by atoms with E-state index in [1.165, 1.54) is 10.4 Å². The van der Waals surface area contributed by atoms with Gasteiger partial charge in [-0.15, -0.1) is 10.2 Å². The Labute approximate surface area is 197 Å². The van der Waals surface area contributed by atoms with Crippen LogP contribution in [0.2, 0.25) is 5.02 Å². The fourth-order valence-electron chi connectivity index (χ4n) is 4.28. The van der Waals surface area contributed by atoms with E-state index >= 15 is 0 Å². The maximum absolute atomic E-state index is 13.2. The van der Waals surface area contributed by atoms with Gasteiger partial charge < -0.3 is 4.90 Å². The van der Waals surface area contributed by atoms with Crippen LogP contribution in [0, 0.1) is 0 Å². The molecule has 3 heterocycles. The van der Waals surface area contributed by atoms with Gasteiger partial charge in [-0.2, -0.15) is 4.31 Å². The Morgan fingerprint density at radius 2 is 1.79 bits per heavy atom. The fraction of sp³-hybridized carbons (Fsp3) is 0.348. The summed E-state index contributed by atoms with van der Waals surface area (Å²) >= 11 is 6.04. The number of sulfonamides is 1. The second-order valence-electron chi connectivity index (χ2n) is 8.50. The Bertz CT molecular complexity index is 1440. The number of hydrogen-bond acceptors (Lipinski definition) is 6. The molecule has 1 aliphatic heterocycles. The number of anilines is 1. The molecule has 0 spiro atoms. The van der Waals surface area contributed by atoms with Crippen LogP contribution in [0.5, 0.6) is 0 Å². The van der Waals surface area contributed by atoms with E-state index in [1.807, 2.05) is 28.7 Å². The predicted molar refractivity (Wildman–Crippen MR) is 129 cm³/mol. The minimum absolute atomic E-state index is 0.161. The van der Waals surface area contributed by atoms with Crippen LogP contribution in [-0.2, 0) is 10.0 Å². The van der Waals surface area contributed by atoms with Crippen LogP contribution in [0.1, 0.15) is 32.0 Å². The molecule has 0 unspecified atom stereocenters. The molecule has 0 aliphatic carbocycles. The van der Waals surface area contributed by atoms with Crippen molar-refractivity contribution in [3.8, 4) is 0 Å². The number of halogens is 1. The molecule has 1 fully saturated rings. The molecule has 172 valence electrons. The summed E-state index contributed by atoms with van der Waals surface area (Å²) in [5, 5.41) is 10.3. The third kappa shape index (κ3) is 3.94. The van der Waals surface area contributed by atoms with Gasteiger partial charge in [0.2, 0.25) is 16.0 Å². The molecule has 8 nitrogen and oxygen atoms in total. The van der Waals surface area contributed by atoms with Crippen molar-refractivity contribution in [1.82, 2.24) is 23.9 Å². The molecule has 1 saturated heterocycles. The zero-order valence-electron chi connectivity index (χ0n) is 18.5. The number of nitrogens with zero attached hydrogens (tertiary/aromatic N) is 6. The van der Waals surface area contributed by atoms with Gasteiger partial charge in [0.05, 0.1) is 10.4 Å². The maximum atomic E-state index is 13.2. The van der Waals surface area contributed by atoms with Gasteiger partial charge in [0.1, 0.15) is 5.82 Å². The van der Waals surface area contributed by atoms with Gasteiger partial charge in [-0.3, -0.25) is 0 Å². The highest BCUT2D eigenvalue weighted by Gasteiger charge is 2.29. The minimum Gasteiger partial charge on any atom is -0.340 e. The van der Waals surface area contributed by atoms with E-state index in [9.17, 15) is 8.42 Å². The number of para-hydroxylation sites is 1. The molecule has 10 heteroatoms. The molecule has 0 atom stereocenters. The van der Waals surface area contributed by atoms with E-state index in [0.29, 0.717) is 37.6 Å². The quantitative estimate of drug-likeness (QED) is 0.436. The van der Waals surface area contributed by atoms with Crippen molar-refractivity contribution in [2.24, 2.45) is 0 Å². The Morgan fingerprint density at radius 1 is 0.970 bits per heavy atom. The first-order valence-corrected chi connectivity index (χ1v) is 12.8. The average Bonchev–Trinajstić information content (AvgIpc) is 3.10. The van der Waals surface area contributed by atoms with E-state index in [2.05, 4.69) is 28.9 Å². The average molecular weight is 485 g/mol. The van der Waals surface area contributed by atoms with Crippen LogP contribution in [0.4, 0.5) is 5.95 Å². The first kappa shape index (κ1) is 22.1. The minimum atomic E-state index is -3.63. The summed E-state index contributed by atoms with van der Waals surface area (Å²) in [6.07, 6.45) is 0.676. The molecule has 0 N–H and O–H groups in total. The van der Waals surface area contributed by atoms with Gasteiger partial charge in [-0.1, -0.05) is 43.6 Å². The first-order valence-electron chi connectivity index (χ1n) is 11.0. The van der Waals surface area contributed by atoms with Crippen molar-refractivity contribution < 1.29 is 8.42 Å². The topological polar surface area (TPSA) is 83.7 Å². The van der Waals surface area contributed by atoms with Crippen LogP contribution in [0.3, 0.4) is 0 Å². The lowest BCUT2D eigenvalue weighted by molar-refractivity contribution is 0.433.